The molecule has 1 aromatic heterocycles. The number of hydrogen-bond donors (Lipinski definition) is 2. The van der Waals surface area contributed by atoms with Crippen LogP contribution in [0.25, 0.3) is 0 Å². The van der Waals surface area contributed by atoms with Crippen LogP contribution in [0.1, 0.15) is 6.23 Å². The average molecular weight is 245 g/mol. The molecule has 0 bridgehead atoms. The van der Waals surface area contributed by atoms with Crippen LogP contribution in [0.3, 0.4) is 0 Å². The molecule has 86 valence electrons. The van der Waals surface area contributed by atoms with Gasteiger partial charge >= 0.3 is 5.69 Å². The molecule has 1 saturated carbocycles. The third-order valence-electron chi connectivity index (χ3n) is 3.03. The minimum absolute atomic E-state index is 0.120. The third-order valence-corrected chi connectivity index (χ3v) is 3.54. The standard InChI is InChI=1S/C9H9ClN2O4/c10-5-4-6(14)7(4)16-8(5)12-2-1-3(13)11-9(12)15/h1-2,4-8,14H,(H,11,13,15). The Morgan fingerprint density at radius 2 is 2.25 bits per heavy atom. The van der Waals surface area contributed by atoms with E-state index in [-0.39, 0.29) is 12.0 Å². The van der Waals surface area contributed by atoms with E-state index in [1.54, 1.807) is 0 Å². The highest BCUT2D eigenvalue weighted by Crippen LogP contribution is 2.51. The molecule has 1 aliphatic carbocycles. The third kappa shape index (κ3) is 1.27. The summed E-state index contributed by atoms with van der Waals surface area (Å²) in [6, 6.07) is 1.23. The lowest BCUT2D eigenvalue weighted by atomic mass is 10.2. The summed E-state index contributed by atoms with van der Waals surface area (Å²) in [7, 11) is 0. The van der Waals surface area contributed by atoms with E-state index in [9.17, 15) is 14.7 Å². The number of aromatic amines is 1. The summed E-state index contributed by atoms with van der Waals surface area (Å²) in [6.45, 7) is 0. The molecular formula is C9H9ClN2O4. The predicted molar refractivity (Wildman–Crippen MR) is 54.4 cm³/mol. The molecule has 2 heterocycles. The van der Waals surface area contributed by atoms with Crippen molar-refractivity contribution in [1.82, 2.24) is 9.55 Å². The smallest absolute Gasteiger partial charge is 0.330 e. The summed E-state index contributed by atoms with van der Waals surface area (Å²) in [4.78, 5) is 24.5. The van der Waals surface area contributed by atoms with Gasteiger partial charge in [0.05, 0.1) is 17.6 Å². The van der Waals surface area contributed by atoms with Crippen molar-refractivity contribution in [2.24, 2.45) is 5.92 Å². The quantitative estimate of drug-likeness (QED) is 0.623. The Kier molecular flexibility index (Phi) is 2.01. The summed E-state index contributed by atoms with van der Waals surface area (Å²) in [6.07, 6.45) is -0.0915. The number of fused-ring (bicyclic) bond motifs is 1. The highest BCUT2D eigenvalue weighted by molar-refractivity contribution is 6.21. The molecule has 3 rings (SSSR count). The van der Waals surface area contributed by atoms with Gasteiger partial charge in [0.15, 0.2) is 6.23 Å². The number of aliphatic hydroxyl groups excluding tert-OH is 1. The van der Waals surface area contributed by atoms with E-state index in [0.717, 1.165) is 0 Å². The number of aromatic nitrogens is 2. The van der Waals surface area contributed by atoms with Crippen LogP contribution in [0.4, 0.5) is 0 Å². The van der Waals surface area contributed by atoms with Crippen LogP contribution in [0.5, 0.6) is 0 Å². The monoisotopic (exact) mass is 244 g/mol. The van der Waals surface area contributed by atoms with Crippen LogP contribution in [-0.2, 0) is 4.74 Å². The fourth-order valence-corrected chi connectivity index (χ4v) is 2.58. The van der Waals surface area contributed by atoms with E-state index < -0.39 is 29.0 Å². The van der Waals surface area contributed by atoms with E-state index in [1.807, 2.05) is 0 Å². The second kappa shape index (κ2) is 3.19. The molecule has 1 aromatic rings. The summed E-state index contributed by atoms with van der Waals surface area (Å²) >= 11 is 6.07. The Balaban J connectivity index is 1.95. The van der Waals surface area contributed by atoms with Gasteiger partial charge < -0.3 is 9.84 Å². The Bertz CT molecular complexity index is 539. The summed E-state index contributed by atoms with van der Waals surface area (Å²) in [5.74, 6) is -0.120. The average Bonchev–Trinajstić information content (AvgIpc) is 2.70. The van der Waals surface area contributed by atoms with Gasteiger partial charge in [-0.3, -0.25) is 14.3 Å². The highest BCUT2D eigenvalue weighted by Gasteiger charge is 2.63. The zero-order chi connectivity index (χ0) is 11.4. The maximum Gasteiger partial charge on any atom is 0.330 e. The van der Waals surface area contributed by atoms with Crippen molar-refractivity contribution < 1.29 is 9.84 Å². The molecular weight excluding hydrogens is 236 g/mol. The lowest BCUT2D eigenvalue weighted by Crippen LogP contribution is -2.35. The molecule has 5 atom stereocenters. The molecule has 0 amide bonds. The van der Waals surface area contributed by atoms with Gasteiger partial charge in [0.2, 0.25) is 0 Å². The molecule has 2 fully saturated rings. The second-order valence-electron chi connectivity index (χ2n) is 4.02. The molecule has 0 radical (unpaired) electrons. The summed E-state index contributed by atoms with van der Waals surface area (Å²) in [5.41, 5.74) is -1.02. The fourth-order valence-electron chi connectivity index (χ4n) is 2.10. The van der Waals surface area contributed by atoms with Crippen LogP contribution in [-0.4, -0.2) is 32.2 Å². The van der Waals surface area contributed by atoms with Crippen molar-refractivity contribution in [1.29, 1.82) is 0 Å². The first-order valence-corrected chi connectivity index (χ1v) is 5.32. The summed E-state index contributed by atoms with van der Waals surface area (Å²) < 4.78 is 6.66. The SMILES string of the molecule is O=c1ccn(C2OC3C(O)C3C2Cl)c(=O)[nH]1. The number of nitrogens with zero attached hydrogens (tertiary/aromatic N) is 1. The van der Waals surface area contributed by atoms with Gasteiger partial charge in [-0.2, -0.15) is 0 Å². The molecule has 0 aromatic carbocycles. The van der Waals surface area contributed by atoms with Crippen molar-refractivity contribution in [3.8, 4) is 0 Å². The maximum absolute atomic E-state index is 11.5. The zero-order valence-corrected chi connectivity index (χ0v) is 8.79. The van der Waals surface area contributed by atoms with E-state index in [4.69, 9.17) is 16.3 Å². The van der Waals surface area contributed by atoms with Crippen LogP contribution in [0.15, 0.2) is 21.9 Å². The van der Waals surface area contributed by atoms with E-state index in [1.165, 1.54) is 16.8 Å². The minimum atomic E-state index is -0.621. The molecule has 6 nitrogen and oxygen atoms in total. The number of aliphatic hydroxyl groups is 1. The molecule has 1 aliphatic heterocycles. The van der Waals surface area contributed by atoms with Gasteiger partial charge in [-0.05, 0) is 0 Å². The Morgan fingerprint density at radius 1 is 1.50 bits per heavy atom. The van der Waals surface area contributed by atoms with Crippen molar-refractivity contribution in [3.05, 3.63) is 33.1 Å². The predicted octanol–water partition coefficient (Wildman–Crippen LogP) is -0.968. The van der Waals surface area contributed by atoms with E-state index in [0.29, 0.717) is 0 Å². The van der Waals surface area contributed by atoms with Crippen molar-refractivity contribution in [2.45, 2.75) is 23.8 Å². The molecule has 2 aliphatic rings. The topological polar surface area (TPSA) is 84.3 Å². The minimum Gasteiger partial charge on any atom is -0.390 e. The van der Waals surface area contributed by atoms with Gasteiger partial charge in [-0.15, -0.1) is 11.6 Å². The molecule has 1 saturated heterocycles. The molecule has 2 N–H and O–H groups in total. The van der Waals surface area contributed by atoms with Crippen molar-refractivity contribution in [3.63, 3.8) is 0 Å². The first-order chi connectivity index (χ1) is 7.59. The number of ether oxygens (including phenoxy) is 1. The molecule has 0 spiro atoms. The van der Waals surface area contributed by atoms with E-state index in [2.05, 4.69) is 4.98 Å². The molecule has 5 unspecified atom stereocenters. The number of nitrogens with one attached hydrogen (secondary N) is 1. The lowest BCUT2D eigenvalue weighted by Gasteiger charge is -2.19. The van der Waals surface area contributed by atoms with Crippen LogP contribution in [0.2, 0.25) is 0 Å². The molecule has 7 heteroatoms. The Morgan fingerprint density at radius 3 is 2.81 bits per heavy atom. The van der Waals surface area contributed by atoms with Gasteiger partial charge in [0, 0.05) is 18.2 Å². The van der Waals surface area contributed by atoms with E-state index >= 15 is 0 Å². The van der Waals surface area contributed by atoms with Crippen LogP contribution in [0, 0.1) is 5.92 Å². The zero-order valence-electron chi connectivity index (χ0n) is 8.04. The maximum atomic E-state index is 11.5. The van der Waals surface area contributed by atoms with Gasteiger partial charge in [-0.25, -0.2) is 4.79 Å². The number of H-pyrrole nitrogens is 1. The Labute approximate surface area is 94.4 Å². The first-order valence-electron chi connectivity index (χ1n) is 4.88. The number of rotatable bonds is 1. The highest BCUT2D eigenvalue weighted by atomic mass is 35.5. The number of hydrogen-bond acceptors (Lipinski definition) is 4. The van der Waals surface area contributed by atoms with Crippen molar-refractivity contribution in [2.75, 3.05) is 0 Å². The Hall–Kier alpha value is -1.11. The van der Waals surface area contributed by atoms with Gasteiger partial charge in [0.1, 0.15) is 0 Å². The van der Waals surface area contributed by atoms with Crippen molar-refractivity contribution >= 4 is 11.6 Å². The number of halogens is 1. The summed E-state index contributed by atoms with van der Waals surface area (Å²) in [5, 5.41) is 8.89. The number of alkyl halides is 1. The lowest BCUT2D eigenvalue weighted by molar-refractivity contribution is -0.00944. The molecule has 16 heavy (non-hydrogen) atoms. The van der Waals surface area contributed by atoms with Gasteiger partial charge in [0.25, 0.3) is 5.56 Å². The van der Waals surface area contributed by atoms with Crippen LogP contribution >= 0.6 is 11.6 Å². The van der Waals surface area contributed by atoms with Gasteiger partial charge in [-0.1, -0.05) is 0 Å². The van der Waals surface area contributed by atoms with Crippen LogP contribution < -0.4 is 11.2 Å². The first kappa shape index (κ1) is 10.1. The largest absolute Gasteiger partial charge is 0.390 e. The normalized spacial score (nSPS) is 40.8. The fraction of sp³-hybridized carbons (Fsp3) is 0.556. The second-order valence-corrected chi connectivity index (χ2v) is 4.52.